The predicted molar refractivity (Wildman–Crippen MR) is 88.4 cm³/mol. The monoisotopic (exact) mass is 283 g/mol. The summed E-state index contributed by atoms with van der Waals surface area (Å²) >= 11 is 0. The molecule has 0 fully saturated rings. The van der Waals surface area contributed by atoms with Crippen molar-refractivity contribution in [1.29, 1.82) is 0 Å². The molecule has 112 valence electrons. The van der Waals surface area contributed by atoms with E-state index in [9.17, 15) is 5.11 Å². The molecule has 0 radical (unpaired) electrons. The second-order valence-electron chi connectivity index (χ2n) is 5.53. The van der Waals surface area contributed by atoms with Crippen LogP contribution in [0.5, 0.6) is 0 Å². The molecule has 2 heteroatoms. The van der Waals surface area contributed by atoms with Crippen LogP contribution in [0.15, 0.2) is 60.7 Å². The van der Waals surface area contributed by atoms with Gasteiger partial charge in [0.2, 0.25) is 0 Å². The maximum atomic E-state index is 9.64. The van der Waals surface area contributed by atoms with E-state index in [1.165, 1.54) is 11.1 Å². The minimum Gasteiger partial charge on any atom is -0.395 e. The Morgan fingerprint density at radius 3 is 1.71 bits per heavy atom. The summed E-state index contributed by atoms with van der Waals surface area (Å²) in [6.45, 7) is 2.36. The van der Waals surface area contributed by atoms with Gasteiger partial charge in [-0.1, -0.05) is 67.6 Å². The number of nitrogens with one attached hydrogen (secondary N) is 1. The van der Waals surface area contributed by atoms with Crippen LogP contribution < -0.4 is 5.32 Å². The van der Waals surface area contributed by atoms with Crippen molar-refractivity contribution in [3.8, 4) is 0 Å². The maximum Gasteiger partial charge on any atom is 0.0587 e. The number of benzene rings is 2. The van der Waals surface area contributed by atoms with Crippen molar-refractivity contribution < 1.29 is 5.11 Å². The Labute approximate surface area is 127 Å². The van der Waals surface area contributed by atoms with Crippen LogP contribution in [0.3, 0.4) is 0 Å². The van der Waals surface area contributed by atoms with Gasteiger partial charge in [-0.05, 0) is 30.4 Å². The van der Waals surface area contributed by atoms with Crippen molar-refractivity contribution in [3.63, 3.8) is 0 Å². The molecule has 0 aromatic heterocycles. The molecule has 0 saturated heterocycles. The van der Waals surface area contributed by atoms with Crippen molar-refractivity contribution in [1.82, 2.24) is 5.32 Å². The van der Waals surface area contributed by atoms with Gasteiger partial charge >= 0.3 is 0 Å². The molecule has 0 heterocycles. The number of hydrogen-bond acceptors (Lipinski definition) is 2. The van der Waals surface area contributed by atoms with Crippen LogP contribution in [-0.4, -0.2) is 23.8 Å². The smallest absolute Gasteiger partial charge is 0.0587 e. The fraction of sp³-hybridized carbons (Fsp3) is 0.368. The van der Waals surface area contributed by atoms with Crippen molar-refractivity contribution >= 4 is 0 Å². The summed E-state index contributed by atoms with van der Waals surface area (Å²) in [5.41, 5.74) is 2.60. The molecule has 0 saturated carbocycles. The van der Waals surface area contributed by atoms with Gasteiger partial charge in [0, 0.05) is 12.1 Å². The molecule has 0 bridgehead atoms. The lowest BCUT2D eigenvalue weighted by atomic mass is 10.0. The van der Waals surface area contributed by atoms with E-state index in [1.54, 1.807) is 0 Å². The van der Waals surface area contributed by atoms with Gasteiger partial charge in [0.05, 0.1) is 6.61 Å². The van der Waals surface area contributed by atoms with Gasteiger partial charge in [-0.15, -0.1) is 0 Å². The number of hydrogen-bond donors (Lipinski definition) is 2. The Hall–Kier alpha value is -1.64. The molecule has 2 atom stereocenters. The molecular formula is C19H25NO. The standard InChI is InChI=1S/C19H25NO/c1-2-18(13-16-9-5-3-6-10-16)20-19(15-21)14-17-11-7-4-8-12-17/h3-12,18-21H,2,13-15H2,1H3. The Bertz CT molecular complexity index is 450. The van der Waals surface area contributed by atoms with Gasteiger partial charge in [-0.3, -0.25) is 0 Å². The molecular weight excluding hydrogens is 258 g/mol. The van der Waals surface area contributed by atoms with Crippen LogP contribution in [0, 0.1) is 0 Å². The molecule has 0 spiro atoms. The lowest BCUT2D eigenvalue weighted by Crippen LogP contribution is -2.42. The molecule has 0 aliphatic rings. The van der Waals surface area contributed by atoms with E-state index in [1.807, 2.05) is 24.3 Å². The largest absolute Gasteiger partial charge is 0.395 e. The van der Waals surface area contributed by atoms with Crippen molar-refractivity contribution in [2.24, 2.45) is 0 Å². The highest BCUT2D eigenvalue weighted by Gasteiger charge is 2.14. The van der Waals surface area contributed by atoms with Crippen LogP contribution >= 0.6 is 0 Å². The second kappa shape index (κ2) is 8.60. The average molecular weight is 283 g/mol. The first kappa shape index (κ1) is 15.7. The first-order valence-corrected chi connectivity index (χ1v) is 7.76. The Morgan fingerprint density at radius 1 is 0.810 bits per heavy atom. The van der Waals surface area contributed by atoms with Gasteiger partial charge in [-0.2, -0.15) is 0 Å². The van der Waals surface area contributed by atoms with E-state index in [4.69, 9.17) is 0 Å². The minimum atomic E-state index is 0.112. The molecule has 0 amide bonds. The zero-order valence-corrected chi connectivity index (χ0v) is 12.7. The summed E-state index contributed by atoms with van der Waals surface area (Å²) < 4.78 is 0. The van der Waals surface area contributed by atoms with Crippen LogP contribution in [0.25, 0.3) is 0 Å². The summed E-state index contributed by atoms with van der Waals surface area (Å²) in [6, 6.07) is 21.4. The lowest BCUT2D eigenvalue weighted by Gasteiger charge is -2.24. The molecule has 2 aromatic rings. The molecule has 2 unspecified atom stereocenters. The molecule has 2 nitrogen and oxygen atoms in total. The minimum absolute atomic E-state index is 0.112. The normalized spacial score (nSPS) is 13.8. The van der Waals surface area contributed by atoms with Crippen molar-refractivity contribution in [3.05, 3.63) is 71.8 Å². The third-order valence-electron chi connectivity index (χ3n) is 3.83. The van der Waals surface area contributed by atoms with Gasteiger partial charge in [0.15, 0.2) is 0 Å². The van der Waals surface area contributed by atoms with E-state index < -0.39 is 0 Å². The number of aliphatic hydroxyl groups excluding tert-OH is 1. The summed E-state index contributed by atoms with van der Waals surface area (Å²) in [7, 11) is 0. The Kier molecular flexibility index (Phi) is 6.45. The van der Waals surface area contributed by atoms with E-state index in [-0.39, 0.29) is 12.6 Å². The quantitative estimate of drug-likeness (QED) is 0.780. The molecule has 21 heavy (non-hydrogen) atoms. The van der Waals surface area contributed by atoms with Crippen LogP contribution in [0.1, 0.15) is 24.5 Å². The summed E-state index contributed by atoms with van der Waals surface area (Å²) in [5, 5.41) is 13.2. The maximum absolute atomic E-state index is 9.64. The van der Waals surface area contributed by atoms with Crippen molar-refractivity contribution in [2.75, 3.05) is 6.61 Å². The average Bonchev–Trinajstić information content (AvgIpc) is 2.55. The van der Waals surface area contributed by atoms with E-state index in [0.717, 1.165) is 19.3 Å². The van der Waals surface area contributed by atoms with Gasteiger partial charge in [0.1, 0.15) is 0 Å². The molecule has 0 aliphatic heterocycles. The summed E-state index contributed by atoms with van der Waals surface area (Å²) in [5.74, 6) is 0. The first-order valence-electron chi connectivity index (χ1n) is 7.76. The van der Waals surface area contributed by atoms with Gasteiger partial charge in [-0.25, -0.2) is 0 Å². The highest BCUT2D eigenvalue weighted by Crippen LogP contribution is 2.09. The fourth-order valence-electron chi connectivity index (χ4n) is 2.63. The third kappa shape index (κ3) is 5.33. The summed E-state index contributed by atoms with van der Waals surface area (Å²) in [6.07, 6.45) is 2.92. The Balaban J connectivity index is 1.92. The molecule has 2 rings (SSSR count). The first-order chi connectivity index (χ1) is 10.3. The van der Waals surface area contributed by atoms with Crippen LogP contribution in [0.4, 0.5) is 0 Å². The van der Waals surface area contributed by atoms with E-state index in [0.29, 0.717) is 6.04 Å². The molecule has 0 aliphatic carbocycles. The molecule has 2 N–H and O–H groups in total. The third-order valence-corrected chi connectivity index (χ3v) is 3.83. The predicted octanol–water partition coefficient (Wildman–Crippen LogP) is 3.20. The highest BCUT2D eigenvalue weighted by atomic mass is 16.3. The SMILES string of the molecule is CCC(Cc1ccccc1)NC(CO)Cc1ccccc1. The van der Waals surface area contributed by atoms with E-state index >= 15 is 0 Å². The Morgan fingerprint density at radius 2 is 1.29 bits per heavy atom. The summed E-state index contributed by atoms with van der Waals surface area (Å²) in [4.78, 5) is 0. The fourth-order valence-corrected chi connectivity index (χ4v) is 2.63. The zero-order valence-electron chi connectivity index (χ0n) is 12.7. The van der Waals surface area contributed by atoms with Gasteiger partial charge in [0.25, 0.3) is 0 Å². The highest BCUT2D eigenvalue weighted by molar-refractivity contribution is 5.17. The van der Waals surface area contributed by atoms with Crippen LogP contribution in [0.2, 0.25) is 0 Å². The number of rotatable bonds is 8. The van der Waals surface area contributed by atoms with Crippen molar-refractivity contribution in [2.45, 2.75) is 38.3 Å². The van der Waals surface area contributed by atoms with Gasteiger partial charge < -0.3 is 10.4 Å². The van der Waals surface area contributed by atoms with E-state index in [2.05, 4.69) is 48.6 Å². The second-order valence-corrected chi connectivity index (χ2v) is 5.53. The topological polar surface area (TPSA) is 32.3 Å². The van der Waals surface area contributed by atoms with Crippen LogP contribution in [-0.2, 0) is 12.8 Å². The zero-order chi connectivity index (χ0) is 14.9. The lowest BCUT2D eigenvalue weighted by molar-refractivity contribution is 0.228. The molecule has 2 aromatic carbocycles. The number of aliphatic hydroxyl groups is 1.